The molecule has 5 rings (SSSR count). The van der Waals surface area contributed by atoms with Crippen LogP contribution in [0.1, 0.15) is 27.5 Å². The van der Waals surface area contributed by atoms with E-state index in [-0.39, 0.29) is 23.6 Å². The smallest absolute Gasteiger partial charge is 0.233 e. The minimum Gasteiger partial charge on any atom is -0.497 e. The van der Waals surface area contributed by atoms with Crippen molar-refractivity contribution in [3.63, 3.8) is 0 Å². The second kappa shape index (κ2) is 6.05. The lowest BCUT2D eigenvalue weighted by molar-refractivity contribution is -0.127. The van der Waals surface area contributed by atoms with Gasteiger partial charge in [-0.3, -0.25) is 19.7 Å². The molecule has 28 heavy (non-hydrogen) atoms. The van der Waals surface area contributed by atoms with E-state index in [2.05, 4.69) is 5.32 Å². The van der Waals surface area contributed by atoms with Crippen LogP contribution >= 0.6 is 0 Å². The van der Waals surface area contributed by atoms with Crippen molar-refractivity contribution in [2.75, 3.05) is 7.11 Å². The van der Waals surface area contributed by atoms with E-state index in [4.69, 9.17) is 4.74 Å². The van der Waals surface area contributed by atoms with E-state index >= 15 is 0 Å². The molecule has 3 heterocycles. The third kappa shape index (κ3) is 2.24. The number of benzene rings is 2. The standard InChI is InChI=1S/C22H18N2O4/c1-28-14-8-6-13(7-9-14)20(25)19-17-16(21(26)23-22(17)27)18-15-5-3-2-4-12(15)10-11-24(18)19/h2-11,16-19H,1H3,(H,23,26,27)/t16-,17+,18-,19+/m0/s1. The van der Waals surface area contributed by atoms with Gasteiger partial charge < -0.3 is 9.64 Å². The molecule has 0 unspecified atom stereocenters. The van der Waals surface area contributed by atoms with E-state index in [1.807, 2.05) is 41.4 Å². The number of nitrogens with one attached hydrogen (secondary N) is 1. The van der Waals surface area contributed by atoms with E-state index in [1.165, 1.54) is 0 Å². The van der Waals surface area contributed by atoms with Gasteiger partial charge in [0.25, 0.3) is 0 Å². The molecule has 0 spiro atoms. The Morgan fingerprint density at radius 3 is 2.46 bits per heavy atom. The number of imide groups is 1. The molecular weight excluding hydrogens is 356 g/mol. The monoisotopic (exact) mass is 374 g/mol. The Labute approximate surface area is 161 Å². The highest BCUT2D eigenvalue weighted by atomic mass is 16.5. The molecule has 0 radical (unpaired) electrons. The minimum absolute atomic E-state index is 0.172. The highest BCUT2D eigenvalue weighted by Crippen LogP contribution is 2.51. The Morgan fingerprint density at radius 1 is 1.00 bits per heavy atom. The van der Waals surface area contributed by atoms with E-state index in [0.717, 1.165) is 11.1 Å². The molecule has 2 amide bonds. The molecule has 0 bridgehead atoms. The average Bonchev–Trinajstić information content (AvgIpc) is 3.22. The summed E-state index contributed by atoms with van der Waals surface area (Å²) in [5, 5.41) is 2.44. The van der Waals surface area contributed by atoms with Gasteiger partial charge in [-0.05, 0) is 41.5 Å². The number of fused-ring (bicyclic) bond motifs is 5. The molecule has 2 aromatic rings. The second-order valence-electron chi connectivity index (χ2n) is 7.28. The van der Waals surface area contributed by atoms with Crippen LogP contribution in [0.4, 0.5) is 0 Å². The number of hydrogen-bond acceptors (Lipinski definition) is 5. The van der Waals surface area contributed by atoms with Crippen LogP contribution in [0.5, 0.6) is 5.75 Å². The molecule has 2 aromatic carbocycles. The fourth-order valence-corrected chi connectivity index (χ4v) is 4.70. The number of ketones is 1. The topological polar surface area (TPSA) is 75.7 Å². The highest BCUT2D eigenvalue weighted by molar-refractivity contribution is 6.12. The van der Waals surface area contributed by atoms with Crippen molar-refractivity contribution in [2.24, 2.45) is 11.8 Å². The molecule has 140 valence electrons. The Morgan fingerprint density at radius 2 is 1.71 bits per heavy atom. The van der Waals surface area contributed by atoms with Crippen molar-refractivity contribution in [1.82, 2.24) is 10.2 Å². The van der Waals surface area contributed by atoms with Crippen LogP contribution in [0.3, 0.4) is 0 Å². The lowest BCUT2D eigenvalue weighted by atomic mass is 9.83. The van der Waals surface area contributed by atoms with Crippen molar-refractivity contribution in [1.29, 1.82) is 0 Å². The van der Waals surface area contributed by atoms with Crippen molar-refractivity contribution in [2.45, 2.75) is 12.1 Å². The summed E-state index contributed by atoms with van der Waals surface area (Å²) in [6, 6.07) is 13.6. The number of rotatable bonds is 3. The van der Waals surface area contributed by atoms with Crippen LogP contribution in [0.25, 0.3) is 6.08 Å². The Balaban J connectivity index is 1.61. The average molecular weight is 374 g/mol. The Kier molecular flexibility index (Phi) is 3.62. The van der Waals surface area contributed by atoms with Crippen LogP contribution in [0.2, 0.25) is 0 Å². The zero-order valence-electron chi connectivity index (χ0n) is 15.2. The van der Waals surface area contributed by atoms with Crippen molar-refractivity contribution in [3.8, 4) is 5.75 Å². The summed E-state index contributed by atoms with van der Waals surface area (Å²) in [6.07, 6.45) is 3.78. The number of carbonyl (C=O) groups excluding carboxylic acids is 3. The van der Waals surface area contributed by atoms with Gasteiger partial charge in [0.2, 0.25) is 11.8 Å². The van der Waals surface area contributed by atoms with Gasteiger partial charge in [0.05, 0.1) is 25.0 Å². The summed E-state index contributed by atoms with van der Waals surface area (Å²) in [6.45, 7) is 0. The number of amides is 2. The summed E-state index contributed by atoms with van der Waals surface area (Å²) >= 11 is 0. The molecule has 2 fully saturated rings. The maximum Gasteiger partial charge on any atom is 0.233 e. The predicted molar refractivity (Wildman–Crippen MR) is 101 cm³/mol. The summed E-state index contributed by atoms with van der Waals surface area (Å²) in [7, 11) is 1.56. The molecule has 3 aliphatic rings. The van der Waals surface area contributed by atoms with Gasteiger partial charge >= 0.3 is 0 Å². The van der Waals surface area contributed by atoms with E-state index in [9.17, 15) is 14.4 Å². The van der Waals surface area contributed by atoms with Crippen LogP contribution in [-0.4, -0.2) is 35.6 Å². The first-order valence-corrected chi connectivity index (χ1v) is 9.17. The maximum absolute atomic E-state index is 13.4. The number of methoxy groups -OCH3 is 1. The minimum atomic E-state index is -0.723. The SMILES string of the molecule is COc1ccc(C(=O)[C@H]2[C@@H]3C(=O)NC(=O)[C@@H]3[C@@H]3c4ccccc4C=CN23)cc1. The van der Waals surface area contributed by atoms with Crippen molar-refractivity contribution >= 4 is 23.7 Å². The Bertz CT molecular complexity index is 1030. The number of nitrogens with zero attached hydrogens (tertiary/aromatic N) is 1. The molecule has 3 aliphatic heterocycles. The van der Waals surface area contributed by atoms with Crippen LogP contribution in [0, 0.1) is 11.8 Å². The van der Waals surface area contributed by atoms with Gasteiger partial charge in [0.15, 0.2) is 5.78 Å². The van der Waals surface area contributed by atoms with Crippen LogP contribution < -0.4 is 10.1 Å². The Hall–Kier alpha value is -3.41. The normalized spacial score (nSPS) is 27.1. The summed E-state index contributed by atoms with van der Waals surface area (Å²) in [4.78, 5) is 40.5. The quantitative estimate of drug-likeness (QED) is 0.658. The molecule has 2 saturated heterocycles. The first-order chi connectivity index (χ1) is 13.6. The van der Waals surface area contributed by atoms with E-state index in [1.54, 1.807) is 31.4 Å². The van der Waals surface area contributed by atoms with Gasteiger partial charge in [-0.25, -0.2) is 0 Å². The van der Waals surface area contributed by atoms with Gasteiger partial charge in [-0.15, -0.1) is 0 Å². The van der Waals surface area contributed by atoms with Crippen LogP contribution in [0.15, 0.2) is 54.7 Å². The molecule has 0 aromatic heterocycles. The van der Waals surface area contributed by atoms with E-state index < -0.39 is 17.9 Å². The predicted octanol–water partition coefficient (Wildman–Crippen LogP) is 2.18. The molecule has 4 atom stereocenters. The third-order valence-corrected chi connectivity index (χ3v) is 5.95. The maximum atomic E-state index is 13.4. The van der Waals surface area contributed by atoms with Gasteiger partial charge in [0.1, 0.15) is 11.8 Å². The zero-order chi connectivity index (χ0) is 19.4. The molecule has 6 heteroatoms. The van der Waals surface area contributed by atoms with Crippen molar-refractivity contribution < 1.29 is 19.1 Å². The summed E-state index contributed by atoms with van der Waals surface area (Å²) < 4.78 is 5.16. The van der Waals surface area contributed by atoms with Gasteiger partial charge in [0, 0.05) is 11.8 Å². The second-order valence-corrected chi connectivity index (χ2v) is 7.28. The zero-order valence-corrected chi connectivity index (χ0v) is 15.2. The van der Waals surface area contributed by atoms with Crippen LogP contribution in [-0.2, 0) is 9.59 Å². The molecular formula is C22H18N2O4. The van der Waals surface area contributed by atoms with E-state index in [0.29, 0.717) is 11.3 Å². The van der Waals surface area contributed by atoms with Gasteiger partial charge in [-0.2, -0.15) is 0 Å². The summed E-state index contributed by atoms with van der Waals surface area (Å²) in [5.41, 5.74) is 2.46. The lowest BCUT2D eigenvalue weighted by Gasteiger charge is -2.34. The third-order valence-electron chi connectivity index (χ3n) is 5.95. The summed E-state index contributed by atoms with van der Waals surface area (Å²) in [5.74, 6) is -1.48. The fourth-order valence-electron chi connectivity index (χ4n) is 4.70. The fraction of sp³-hybridized carbons (Fsp3) is 0.227. The number of Topliss-reactive ketones (excluding diaryl/α,β-unsaturated/α-hetero) is 1. The number of carbonyl (C=O) groups is 3. The highest BCUT2D eigenvalue weighted by Gasteiger charge is 2.61. The lowest BCUT2D eigenvalue weighted by Crippen LogP contribution is -2.42. The first kappa shape index (κ1) is 16.7. The molecule has 1 N–H and O–H groups in total. The van der Waals surface area contributed by atoms with Crippen molar-refractivity contribution in [3.05, 3.63) is 71.4 Å². The number of hydrogen-bond donors (Lipinski definition) is 1. The largest absolute Gasteiger partial charge is 0.497 e. The molecule has 0 aliphatic carbocycles. The molecule has 0 saturated carbocycles. The first-order valence-electron chi connectivity index (χ1n) is 9.17. The number of ether oxygens (including phenoxy) is 1. The molecule has 6 nitrogen and oxygen atoms in total. The van der Waals surface area contributed by atoms with Gasteiger partial charge in [-0.1, -0.05) is 24.3 Å².